The van der Waals surface area contributed by atoms with Crippen molar-refractivity contribution in [3.05, 3.63) is 82.4 Å². The maximum atomic E-state index is 13.2. The number of hydrogen-bond donors (Lipinski definition) is 3. The van der Waals surface area contributed by atoms with E-state index in [1.165, 1.54) is 12.3 Å². The minimum atomic E-state index is -0.539. The van der Waals surface area contributed by atoms with E-state index in [1.807, 2.05) is 52.0 Å². The highest BCUT2D eigenvalue weighted by molar-refractivity contribution is 6.18. The summed E-state index contributed by atoms with van der Waals surface area (Å²) < 4.78 is 13.2. The SMILES string of the molecule is CC.CN=Cc1c(N)cccc1C(=N)c1ccc(C)c(C)c1Nc1ccc(F)nc1. The zero-order chi connectivity index (χ0) is 22.3. The molecule has 3 aromatic rings. The van der Waals surface area contributed by atoms with Gasteiger partial charge < -0.3 is 11.1 Å². The second-order valence-corrected chi connectivity index (χ2v) is 6.50. The first-order valence-electron chi connectivity index (χ1n) is 9.81. The normalized spacial score (nSPS) is 10.5. The largest absolute Gasteiger partial charge is 0.398 e. The Bertz CT molecular complexity index is 1060. The van der Waals surface area contributed by atoms with E-state index in [1.54, 1.807) is 25.4 Å². The first kappa shape index (κ1) is 22.7. The molecule has 1 heterocycles. The summed E-state index contributed by atoms with van der Waals surface area (Å²) in [6.07, 6.45) is 3.09. The van der Waals surface area contributed by atoms with Crippen LogP contribution in [0.4, 0.5) is 21.5 Å². The number of nitrogens with one attached hydrogen (secondary N) is 2. The predicted molar refractivity (Wildman–Crippen MR) is 125 cm³/mol. The molecule has 0 aliphatic heterocycles. The average molecular weight is 406 g/mol. The number of nitrogens with zero attached hydrogens (tertiary/aromatic N) is 2. The Labute approximate surface area is 177 Å². The summed E-state index contributed by atoms with van der Waals surface area (Å²) in [6.45, 7) is 7.99. The first-order chi connectivity index (χ1) is 14.4. The zero-order valence-corrected chi connectivity index (χ0v) is 18.0. The van der Waals surface area contributed by atoms with Crippen LogP contribution in [0.3, 0.4) is 0 Å². The fourth-order valence-corrected chi connectivity index (χ4v) is 3.00. The van der Waals surface area contributed by atoms with Crippen LogP contribution in [0.25, 0.3) is 0 Å². The van der Waals surface area contributed by atoms with Crippen molar-refractivity contribution < 1.29 is 4.39 Å². The number of anilines is 3. The molecule has 0 fully saturated rings. The lowest BCUT2D eigenvalue weighted by molar-refractivity contribution is 0.584. The fraction of sp³-hybridized carbons (Fsp3) is 0.208. The Morgan fingerprint density at radius 3 is 2.47 bits per heavy atom. The Kier molecular flexibility index (Phi) is 7.81. The number of halogens is 1. The lowest BCUT2D eigenvalue weighted by atomic mass is 9.93. The molecule has 30 heavy (non-hydrogen) atoms. The van der Waals surface area contributed by atoms with Crippen molar-refractivity contribution in [1.29, 1.82) is 5.41 Å². The number of rotatable bonds is 5. The standard InChI is InChI=1S/C22H22FN5.C2H6/c1-13-7-9-17(21(25)16-5-4-6-19(24)18(16)12-26-3)22(14(13)2)28-15-8-10-20(23)27-11-15;1-2/h4-12,25,28H,24H2,1-3H3;1-2H3. The minimum absolute atomic E-state index is 0.322. The Morgan fingerprint density at radius 2 is 1.83 bits per heavy atom. The van der Waals surface area contributed by atoms with E-state index in [0.717, 1.165) is 16.8 Å². The smallest absolute Gasteiger partial charge is 0.212 e. The van der Waals surface area contributed by atoms with Crippen LogP contribution in [0, 0.1) is 25.2 Å². The van der Waals surface area contributed by atoms with Crippen molar-refractivity contribution in [2.24, 2.45) is 4.99 Å². The van der Waals surface area contributed by atoms with E-state index in [-0.39, 0.29) is 0 Å². The van der Waals surface area contributed by atoms with Crippen LogP contribution < -0.4 is 11.1 Å². The summed E-state index contributed by atoms with van der Waals surface area (Å²) in [5.74, 6) is -0.539. The van der Waals surface area contributed by atoms with E-state index in [0.29, 0.717) is 33.8 Å². The molecule has 6 heteroatoms. The van der Waals surface area contributed by atoms with Gasteiger partial charge in [-0.25, -0.2) is 4.98 Å². The van der Waals surface area contributed by atoms with Gasteiger partial charge in [-0.3, -0.25) is 10.4 Å². The third-order valence-electron chi connectivity index (χ3n) is 4.67. The van der Waals surface area contributed by atoms with Gasteiger partial charge in [0.05, 0.1) is 23.3 Å². The molecule has 1 aromatic heterocycles. The van der Waals surface area contributed by atoms with Gasteiger partial charge in [-0.2, -0.15) is 4.39 Å². The molecule has 0 bridgehead atoms. The summed E-state index contributed by atoms with van der Waals surface area (Å²) in [5.41, 5.74) is 12.6. The van der Waals surface area contributed by atoms with Crippen LogP contribution in [0.1, 0.15) is 41.7 Å². The molecular weight excluding hydrogens is 377 g/mol. The quantitative estimate of drug-likeness (QED) is 0.291. The number of aromatic nitrogens is 1. The predicted octanol–water partition coefficient (Wildman–Crippen LogP) is 5.65. The number of aryl methyl sites for hydroxylation is 1. The molecule has 5 nitrogen and oxygen atoms in total. The van der Waals surface area contributed by atoms with Crippen molar-refractivity contribution in [1.82, 2.24) is 4.98 Å². The third-order valence-corrected chi connectivity index (χ3v) is 4.67. The molecule has 0 saturated heterocycles. The molecule has 0 spiro atoms. The number of benzene rings is 2. The summed E-state index contributed by atoms with van der Waals surface area (Å²) >= 11 is 0. The number of nitrogen functional groups attached to an aromatic ring is 1. The van der Waals surface area contributed by atoms with Crippen molar-refractivity contribution in [2.75, 3.05) is 18.1 Å². The number of hydrogen-bond acceptors (Lipinski definition) is 5. The lowest BCUT2D eigenvalue weighted by Crippen LogP contribution is -2.11. The minimum Gasteiger partial charge on any atom is -0.398 e. The second-order valence-electron chi connectivity index (χ2n) is 6.50. The van der Waals surface area contributed by atoms with Gasteiger partial charge in [0.15, 0.2) is 0 Å². The van der Waals surface area contributed by atoms with Gasteiger partial charge >= 0.3 is 0 Å². The number of nitrogens with two attached hydrogens (primary N) is 1. The molecule has 0 amide bonds. The number of aliphatic imine (C=N–C) groups is 1. The van der Waals surface area contributed by atoms with Crippen LogP contribution in [0.5, 0.6) is 0 Å². The summed E-state index contributed by atoms with van der Waals surface area (Å²) in [6, 6.07) is 12.3. The van der Waals surface area contributed by atoms with E-state index in [2.05, 4.69) is 15.3 Å². The van der Waals surface area contributed by atoms with Crippen LogP contribution in [0.15, 0.2) is 53.7 Å². The lowest BCUT2D eigenvalue weighted by Gasteiger charge is -2.19. The zero-order valence-electron chi connectivity index (χ0n) is 18.0. The van der Waals surface area contributed by atoms with Crippen LogP contribution >= 0.6 is 0 Å². The fourth-order valence-electron chi connectivity index (χ4n) is 3.00. The molecule has 0 atom stereocenters. The van der Waals surface area contributed by atoms with Crippen molar-refractivity contribution >= 4 is 29.0 Å². The molecule has 0 saturated carbocycles. The molecule has 0 aliphatic carbocycles. The molecule has 0 radical (unpaired) electrons. The van der Waals surface area contributed by atoms with Crippen molar-refractivity contribution in [3.63, 3.8) is 0 Å². The second kappa shape index (κ2) is 10.3. The Hall–Kier alpha value is -3.54. The molecule has 0 aliphatic rings. The summed E-state index contributed by atoms with van der Waals surface area (Å²) in [7, 11) is 1.67. The van der Waals surface area contributed by atoms with Gasteiger partial charge in [-0.1, -0.05) is 38.1 Å². The van der Waals surface area contributed by atoms with E-state index >= 15 is 0 Å². The Morgan fingerprint density at radius 1 is 1.10 bits per heavy atom. The van der Waals surface area contributed by atoms with E-state index in [4.69, 9.17) is 11.1 Å². The van der Waals surface area contributed by atoms with Crippen LogP contribution in [0.2, 0.25) is 0 Å². The van der Waals surface area contributed by atoms with E-state index < -0.39 is 5.95 Å². The maximum absolute atomic E-state index is 13.2. The van der Waals surface area contributed by atoms with Gasteiger partial charge in [0, 0.05) is 35.6 Å². The monoisotopic (exact) mass is 405 g/mol. The van der Waals surface area contributed by atoms with Gasteiger partial charge in [0.1, 0.15) is 0 Å². The highest BCUT2D eigenvalue weighted by Crippen LogP contribution is 2.30. The molecule has 156 valence electrons. The van der Waals surface area contributed by atoms with Crippen molar-refractivity contribution in [2.45, 2.75) is 27.7 Å². The summed E-state index contributed by atoms with van der Waals surface area (Å²) in [4.78, 5) is 7.77. The highest BCUT2D eigenvalue weighted by atomic mass is 19.1. The molecule has 0 unspecified atom stereocenters. The van der Waals surface area contributed by atoms with Gasteiger partial charge in [0.25, 0.3) is 0 Å². The molecule has 4 N–H and O–H groups in total. The third kappa shape index (κ3) is 4.89. The highest BCUT2D eigenvalue weighted by Gasteiger charge is 2.17. The van der Waals surface area contributed by atoms with Crippen LogP contribution in [-0.4, -0.2) is 24.0 Å². The maximum Gasteiger partial charge on any atom is 0.212 e. The van der Waals surface area contributed by atoms with Gasteiger partial charge in [0.2, 0.25) is 5.95 Å². The topological polar surface area (TPSA) is 87.1 Å². The van der Waals surface area contributed by atoms with Gasteiger partial charge in [-0.15, -0.1) is 0 Å². The Balaban J connectivity index is 0.00000155. The number of pyridine rings is 1. The average Bonchev–Trinajstić information content (AvgIpc) is 2.75. The molecule has 2 aromatic carbocycles. The van der Waals surface area contributed by atoms with E-state index in [9.17, 15) is 4.39 Å². The van der Waals surface area contributed by atoms with Gasteiger partial charge in [-0.05, 0) is 43.2 Å². The molecular formula is C24H28FN5. The van der Waals surface area contributed by atoms with Crippen molar-refractivity contribution in [3.8, 4) is 0 Å². The molecule has 3 rings (SSSR count). The summed E-state index contributed by atoms with van der Waals surface area (Å²) in [5, 5.41) is 12.2. The van der Waals surface area contributed by atoms with Crippen LogP contribution in [-0.2, 0) is 0 Å². The first-order valence-corrected chi connectivity index (χ1v) is 9.81.